The largest absolute Gasteiger partial charge is 0.461 e. The Morgan fingerprint density at radius 2 is 2.00 bits per heavy atom. The predicted molar refractivity (Wildman–Crippen MR) is 127 cm³/mol. The molecule has 32 heavy (non-hydrogen) atoms. The van der Waals surface area contributed by atoms with Crippen LogP contribution in [0.25, 0.3) is 0 Å². The van der Waals surface area contributed by atoms with Gasteiger partial charge in [-0.2, -0.15) is 0 Å². The minimum absolute atomic E-state index is 0.113. The molecule has 0 aromatic heterocycles. The first-order valence-electron chi connectivity index (χ1n) is 12.1. The Balaban J connectivity index is 1.28. The first-order chi connectivity index (χ1) is 15.3. The van der Waals surface area contributed by atoms with Gasteiger partial charge in [0.25, 0.3) is 0 Å². The number of benzene rings is 1. The Bertz CT molecular complexity index is 926. The zero-order valence-electron chi connectivity index (χ0n) is 19.4. The average Bonchev–Trinajstić information content (AvgIpc) is 3.08. The van der Waals surface area contributed by atoms with E-state index in [0.717, 1.165) is 50.5 Å². The third-order valence-electron chi connectivity index (χ3n) is 8.91. The Morgan fingerprint density at radius 1 is 1.25 bits per heavy atom. The van der Waals surface area contributed by atoms with Crippen LogP contribution in [0.2, 0.25) is 5.02 Å². The summed E-state index contributed by atoms with van der Waals surface area (Å²) < 4.78 is 5.85. The number of halogens is 1. The van der Waals surface area contributed by atoms with E-state index in [1.807, 2.05) is 12.1 Å². The van der Waals surface area contributed by atoms with Gasteiger partial charge in [0, 0.05) is 61.2 Å². The summed E-state index contributed by atoms with van der Waals surface area (Å²) in [5.41, 5.74) is 3.48. The highest BCUT2D eigenvalue weighted by atomic mass is 35.5. The van der Waals surface area contributed by atoms with Gasteiger partial charge in [-0.3, -0.25) is 9.69 Å². The van der Waals surface area contributed by atoms with Crippen molar-refractivity contribution in [3.63, 3.8) is 0 Å². The van der Waals surface area contributed by atoms with Gasteiger partial charge < -0.3 is 14.7 Å². The number of nitrogens with zero attached hydrogens (tertiary/aromatic N) is 2. The minimum atomic E-state index is -0.533. The highest BCUT2D eigenvalue weighted by molar-refractivity contribution is 6.30. The fourth-order valence-corrected chi connectivity index (χ4v) is 6.81. The van der Waals surface area contributed by atoms with Crippen molar-refractivity contribution in [2.24, 2.45) is 23.2 Å². The van der Waals surface area contributed by atoms with E-state index >= 15 is 0 Å². The fourth-order valence-electron chi connectivity index (χ4n) is 6.65. The standard InChI is InChI=1S/C26H35ClN2O3/c1-16-7-8-19(27)14-21(16)29-11-9-28(10-12-29)15-20-23-22(32-25(20)31)13-18-6-4-5-17(2)26(18,3)24(23)30/h6-8,14,17,20,22-24,30H,4-5,9-13,15H2,1-3H3. The second kappa shape index (κ2) is 8.34. The van der Waals surface area contributed by atoms with Crippen LogP contribution < -0.4 is 4.90 Å². The number of allylic oxidation sites excluding steroid dienone is 1. The third kappa shape index (κ3) is 3.57. The number of hydrogen-bond acceptors (Lipinski definition) is 5. The van der Waals surface area contributed by atoms with Gasteiger partial charge in [-0.1, -0.05) is 43.2 Å². The predicted octanol–water partition coefficient (Wildman–Crippen LogP) is 4.06. The number of ether oxygens (including phenoxy) is 1. The van der Waals surface area contributed by atoms with E-state index in [2.05, 4.69) is 42.7 Å². The first kappa shape index (κ1) is 22.2. The Labute approximate surface area is 196 Å². The van der Waals surface area contributed by atoms with Crippen LogP contribution in [0.4, 0.5) is 5.69 Å². The van der Waals surface area contributed by atoms with Crippen molar-refractivity contribution in [2.75, 3.05) is 37.6 Å². The molecule has 1 N–H and O–H groups in total. The summed E-state index contributed by atoms with van der Waals surface area (Å²) in [6.07, 6.45) is 4.52. The maximum absolute atomic E-state index is 12.9. The van der Waals surface area contributed by atoms with Crippen LogP contribution in [0.5, 0.6) is 0 Å². The van der Waals surface area contributed by atoms with E-state index in [1.165, 1.54) is 16.8 Å². The quantitative estimate of drug-likeness (QED) is 0.547. The fraction of sp³-hybridized carbons (Fsp3) is 0.654. The number of aliphatic hydroxyl groups is 1. The third-order valence-corrected chi connectivity index (χ3v) is 9.14. The topological polar surface area (TPSA) is 53.0 Å². The molecule has 6 heteroatoms. The number of aryl methyl sites for hydroxylation is 1. The molecule has 6 atom stereocenters. The van der Waals surface area contributed by atoms with Gasteiger partial charge in [-0.05, 0) is 43.4 Å². The SMILES string of the molecule is Cc1ccc(Cl)cc1N1CCN(CC2C(=O)OC3CC4=CCCC(C)C4(C)C(O)C32)CC1. The number of carbonyl (C=O) groups excluding carboxylic acids is 1. The second-order valence-electron chi connectivity index (χ2n) is 10.5. The van der Waals surface area contributed by atoms with Gasteiger partial charge in [-0.25, -0.2) is 0 Å². The summed E-state index contributed by atoms with van der Waals surface area (Å²) in [7, 11) is 0. The number of carbonyl (C=O) groups is 1. The lowest BCUT2D eigenvalue weighted by Crippen LogP contribution is -2.55. The molecule has 5 nitrogen and oxygen atoms in total. The molecule has 1 saturated carbocycles. The molecule has 2 aliphatic carbocycles. The molecule has 0 spiro atoms. The van der Waals surface area contributed by atoms with Crippen LogP contribution in [0.1, 0.15) is 38.7 Å². The zero-order chi connectivity index (χ0) is 22.6. The molecule has 2 aliphatic heterocycles. The van der Waals surface area contributed by atoms with E-state index in [1.54, 1.807) is 0 Å². The van der Waals surface area contributed by atoms with Crippen molar-refractivity contribution in [1.82, 2.24) is 4.90 Å². The number of rotatable bonds is 3. The average molecular weight is 459 g/mol. The molecule has 0 amide bonds. The van der Waals surface area contributed by atoms with Gasteiger partial charge in [0.1, 0.15) is 6.10 Å². The normalized spacial score (nSPS) is 37.5. The van der Waals surface area contributed by atoms with Crippen molar-refractivity contribution in [3.05, 3.63) is 40.4 Å². The first-order valence-corrected chi connectivity index (χ1v) is 12.5. The van der Waals surface area contributed by atoms with E-state index in [4.69, 9.17) is 16.3 Å². The van der Waals surface area contributed by atoms with Crippen molar-refractivity contribution in [2.45, 2.75) is 52.2 Å². The van der Waals surface area contributed by atoms with Crippen LogP contribution in [-0.2, 0) is 9.53 Å². The van der Waals surface area contributed by atoms with Crippen LogP contribution in [-0.4, -0.2) is 60.9 Å². The smallest absolute Gasteiger partial charge is 0.311 e. The molecule has 1 aromatic carbocycles. The van der Waals surface area contributed by atoms with Crippen molar-refractivity contribution >= 4 is 23.3 Å². The Hall–Kier alpha value is -1.56. The maximum Gasteiger partial charge on any atom is 0.311 e. The molecular formula is C26H35ClN2O3. The molecule has 3 fully saturated rings. The van der Waals surface area contributed by atoms with E-state index in [9.17, 15) is 9.90 Å². The van der Waals surface area contributed by atoms with Crippen LogP contribution in [0.3, 0.4) is 0 Å². The van der Waals surface area contributed by atoms with E-state index < -0.39 is 6.10 Å². The van der Waals surface area contributed by atoms with E-state index in [0.29, 0.717) is 12.5 Å². The second-order valence-corrected chi connectivity index (χ2v) is 11.0. The lowest BCUT2D eigenvalue weighted by Gasteiger charge is -2.52. The molecule has 0 radical (unpaired) electrons. The van der Waals surface area contributed by atoms with Crippen molar-refractivity contribution < 1.29 is 14.6 Å². The molecule has 2 heterocycles. The minimum Gasteiger partial charge on any atom is -0.461 e. The molecule has 6 unspecified atom stereocenters. The summed E-state index contributed by atoms with van der Waals surface area (Å²) in [5.74, 6) is -0.0673. The number of esters is 1. The molecule has 174 valence electrons. The lowest BCUT2D eigenvalue weighted by atomic mass is 9.55. The van der Waals surface area contributed by atoms with Crippen LogP contribution >= 0.6 is 11.6 Å². The van der Waals surface area contributed by atoms with Crippen molar-refractivity contribution in [3.8, 4) is 0 Å². The Kier molecular flexibility index (Phi) is 5.80. The van der Waals surface area contributed by atoms with Crippen LogP contribution in [0, 0.1) is 30.1 Å². The maximum atomic E-state index is 12.9. The number of hydrogen-bond donors (Lipinski definition) is 1. The summed E-state index contributed by atoms with van der Waals surface area (Å²) >= 11 is 6.23. The highest BCUT2D eigenvalue weighted by Crippen LogP contribution is 2.56. The number of aliphatic hydroxyl groups excluding tert-OH is 1. The van der Waals surface area contributed by atoms with E-state index in [-0.39, 0.29) is 29.3 Å². The number of anilines is 1. The lowest BCUT2D eigenvalue weighted by molar-refractivity contribution is -0.145. The number of piperazine rings is 1. The monoisotopic (exact) mass is 458 g/mol. The van der Waals surface area contributed by atoms with Gasteiger partial charge >= 0.3 is 5.97 Å². The molecule has 4 aliphatic rings. The molecule has 0 bridgehead atoms. The van der Waals surface area contributed by atoms with Gasteiger partial charge in [0.15, 0.2) is 0 Å². The summed E-state index contributed by atoms with van der Waals surface area (Å²) in [6.45, 7) is 10.8. The molecule has 2 saturated heterocycles. The molecule has 5 rings (SSSR count). The van der Waals surface area contributed by atoms with Gasteiger partial charge in [-0.15, -0.1) is 0 Å². The van der Waals surface area contributed by atoms with Crippen molar-refractivity contribution in [1.29, 1.82) is 0 Å². The van der Waals surface area contributed by atoms with Crippen LogP contribution in [0.15, 0.2) is 29.8 Å². The number of fused-ring (bicyclic) bond motifs is 2. The highest BCUT2D eigenvalue weighted by Gasteiger charge is 2.59. The summed E-state index contributed by atoms with van der Waals surface area (Å²) in [4.78, 5) is 17.7. The molecule has 1 aromatic rings. The van der Waals surface area contributed by atoms with Gasteiger partial charge in [0.05, 0.1) is 12.0 Å². The Morgan fingerprint density at radius 3 is 2.75 bits per heavy atom. The zero-order valence-corrected chi connectivity index (χ0v) is 20.1. The summed E-state index contributed by atoms with van der Waals surface area (Å²) in [6, 6.07) is 6.04. The molecular weight excluding hydrogens is 424 g/mol. The summed E-state index contributed by atoms with van der Waals surface area (Å²) in [5, 5.41) is 12.3. The van der Waals surface area contributed by atoms with Gasteiger partial charge in [0.2, 0.25) is 0 Å².